The molecule has 5 nitrogen and oxygen atoms in total. The van der Waals surface area contributed by atoms with Crippen molar-refractivity contribution in [3.05, 3.63) is 12.2 Å². The minimum absolute atomic E-state index is 0.582. The molecule has 11 heavy (non-hydrogen) atoms. The molecule has 0 fully saturated rings. The fourth-order valence-corrected chi connectivity index (χ4v) is 0.661. The summed E-state index contributed by atoms with van der Waals surface area (Å²) in [5, 5.41) is 12.4. The number of carbonyl (C=O) groups is 1. The molecule has 1 N–H and O–H groups in total. The van der Waals surface area contributed by atoms with Gasteiger partial charge in [-0.25, -0.2) is 14.5 Å². The van der Waals surface area contributed by atoms with Crippen LogP contribution in [0.4, 0.5) is 0 Å². The fraction of sp³-hybridized carbons (Fsp3) is 0.500. The first-order valence-electron chi connectivity index (χ1n) is 3.22. The molecule has 0 radical (unpaired) electrons. The summed E-state index contributed by atoms with van der Waals surface area (Å²) in [5.41, 5.74) is 0. The topological polar surface area (TPSA) is 68.0 Å². The summed E-state index contributed by atoms with van der Waals surface area (Å²) >= 11 is 0. The van der Waals surface area contributed by atoms with Crippen molar-refractivity contribution in [2.45, 2.75) is 19.9 Å². The van der Waals surface area contributed by atoms with Crippen molar-refractivity contribution in [3.8, 4) is 0 Å². The van der Waals surface area contributed by atoms with Crippen molar-refractivity contribution in [1.82, 2.24) is 14.8 Å². The Morgan fingerprint density at radius 3 is 2.82 bits per heavy atom. The predicted octanol–water partition coefficient (Wildman–Crippen LogP) is 0.232. The number of carboxylic acids is 1. The second-order valence-corrected chi connectivity index (χ2v) is 2.29. The molecule has 1 heterocycles. The zero-order valence-corrected chi connectivity index (χ0v) is 6.35. The lowest BCUT2D eigenvalue weighted by Crippen LogP contribution is -2.15. The standard InChI is InChI=1S/C6H9N3O2/c1-4(6(10)11)9-3-7-5(2)8-9/h3-4H,1-2H3,(H,10,11)/t4-/m1/s1. The Labute approximate surface area is 63.7 Å². The van der Waals surface area contributed by atoms with Crippen molar-refractivity contribution in [2.75, 3.05) is 0 Å². The van der Waals surface area contributed by atoms with Crippen LogP contribution in [0.25, 0.3) is 0 Å². The van der Waals surface area contributed by atoms with Gasteiger partial charge in [-0.3, -0.25) is 0 Å². The average molecular weight is 155 g/mol. The highest BCUT2D eigenvalue weighted by molar-refractivity contribution is 5.71. The van der Waals surface area contributed by atoms with Crippen molar-refractivity contribution < 1.29 is 9.90 Å². The Morgan fingerprint density at radius 1 is 1.82 bits per heavy atom. The third-order valence-electron chi connectivity index (χ3n) is 1.38. The molecule has 0 spiro atoms. The molecule has 0 unspecified atom stereocenters. The first kappa shape index (κ1) is 7.71. The van der Waals surface area contributed by atoms with Crippen LogP contribution in [0.15, 0.2) is 6.33 Å². The lowest BCUT2D eigenvalue weighted by atomic mass is 10.4. The zero-order chi connectivity index (χ0) is 8.43. The Bertz CT molecular complexity index is 269. The summed E-state index contributed by atoms with van der Waals surface area (Å²) in [5.74, 6) is -0.326. The minimum Gasteiger partial charge on any atom is -0.480 e. The predicted molar refractivity (Wildman–Crippen MR) is 37.1 cm³/mol. The maximum absolute atomic E-state index is 10.4. The van der Waals surface area contributed by atoms with Crippen LogP contribution >= 0.6 is 0 Å². The number of carboxylic acid groups (broad SMARTS) is 1. The third-order valence-corrected chi connectivity index (χ3v) is 1.38. The number of hydrogen-bond acceptors (Lipinski definition) is 3. The molecule has 1 aromatic heterocycles. The summed E-state index contributed by atoms with van der Waals surface area (Å²) in [6.07, 6.45) is 1.41. The molecular formula is C6H9N3O2. The number of aromatic nitrogens is 3. The van der Waals surface area contributed by atoms with E-state index in [1.165, 1.54) is 11.0 Å². The van der Waals surface area contributed by atoms with Crippen LogP contribution in [0.2, 0.25) is 0 Å². The lowest BCUT2D eigenvalue weighted by molar-refractivity contribution is -0.140. The highest BCUT2D eigenvalue weighted by atomic mass is 16.4. The van der Waals surface area contributed by atoms with E-state index in [1.807, 2.05) is 0 Å². The Balaban J connectivity index is 2.84. The van der Waals surface area contributed by atoms with E-state index >= 15 is 0 Å². The third kappa shape index (κ3) is 1.54. The molecule has 1 atom stereocenters. The van der Waals surface area contributed by atoms with Gasteiger partial charge in [0.2, 0.25) is 0 Å². The Morgan fingerprint density at radius 2 is 2.45 bits per heavy atom. The van der Waals surface area contributed by atoms with Gasteiger partial charge in [0.05, 0.1) is 0 Å². The molecule has 0 amide bonds. The molecule has 0 bridgehead atoms. The van der Waals surface area contributed by atoms with E-state index in [4.69, 9.17) is 5.11 Å². The quantitative estimate of drug-likeness (QED) is 0.663. The number of hydrogen-bond donors (Lipinski definition) is 1. The maximum Gasteiger partial charge on any atom is 0.328 e. The Hall–Kier alpha value is -1.39. The van der Waals surface area contributed by atoms with Gasteiger partial charge in [-0.1, -0.05) is 0 Å². The van der Waals surface area contributed by atoms with Gasteiger partial charge >= 0.3 is 5.97 Å². The lowest BCUT2D eigenvalue weighted by Gasteiger charge is -2.03. The molecule has 60 valence electrons. The second kappa shape index (κ2) is 2.69. The van der Waals surface area contributed by atoms with Crippen molar-refractivity contribution >= 4 is 5.97 Å². The molecule has 1 rings (SSSR count). The summed E-state index contributed by atoms with van der Waals surface area (Å²) in [4.78, 5) is 14.2. The molecule has 0 aliphatic heterocycles. The van der Waals surface area contributed by atoms with Crippen LogP contribution < -0.4 is 0 Å². The summed E-state index contributed by atoms with van der Waals surface area (Å²) in [7, 11) is 0. The van der Waals surface area contributed by atoms with E-state index < -0.39 is 12.0 Å². The van der Waals surface area contributed by atoms with Gasteiger partial charge in [0.15, 0.2) is 0 Å². The minimum atomic E-state index is -0.907. The van der Waals surface area contributed by atoms with Gasteiger partial charge in [0.1, 0.15) is 18.2 Å². The van der Waals surface area contributed by atoms with E-state index in [0.717, 1.165) is 0 Å². The fourth-order valence-electron chi connectivity index (χ4n) is 0.661. The highest BCUT2D eigenvalue weighted by Crippen LogP contribution is 2.01. The zero-order valence-electron chi connectivity index (χ0n) is 6.35. The first-order chi connectivity index (χ1) is 5.11. The molecule has 5 heteroatoms. The van der Waals surface area contributed by atoms with Gasteiger partial charge in [-0.15, -0.1) is 0 Å². The normalized spacial score (nSPS) is 12.9. The van der Waals surface area contributed by atoms with Crippen LogP contribution in [-0.4, -0.2) is 25.8 Å². The van der Waals surface area contributed by atoms with E-state index in [1.54, 1.807) is 13.8 Å². The van der Waals surface area contributed by atoms with Gasteiger partial charge in [0.25, 0.3) is 0 Å². The van der Waals surface area contributed by atoms with Gasteiger partial charge in [-0.05, 0) is 13.8 Å². The van der Waals surface area contributed by atoms with E-state index in [0.29, 0.717) is 5.82 Å². The molecule has 0 aromatic carbocycles. The maximum atomic E-state index is 10.4. The summed E-state index contributed by atoms with van der Waals surface area (Å²) < 4.78 is 1.32. The number of nitrogens with zero attached hydrogens (tertiary/aromatic N) is 3. The van der Waals surface area contributed by atoms with Crippen LogP contribution in [0.1, 0.15) is 18.8 Å². The first-order valence-corrected chi connectivity index (χ1v) is 3.22. The largest absolute Gasteiger partial charge is 0.480 e. The summed E-state index contributed by atoms with van der Waals surface area (Å²) in [6, 6.07) is -0.642. The van der Waals surface area contributed by atoms with E-state index in [-0.39, 0.29) is 0 Å². The van der Waals surface area contributed by atoms with Gasteiger partial charge in [0, 0.05) is 0 Å². The highest BCUT2D eigenvalue weighted by Gasteiger charge is 2.13. The van der Waals surface area contributed by atoms with E-state index in [2.05, 4.69) is 10.1 Å². The SMILES string of the molecule is Cc1ncn([C@H](C)C(=O)O)n1. The van der Waals surface area contributed by atoms with Gasteiger partial charge < -0.3 is 5.11 Å². The van der Waals surface area contributed by atoms with Crippen molar-refractivity contribution in [2.24, 2.45) is 0 Å². The van der Waals surface area contributed by atoms with E-state index in [9.17, 15) is 4.79 Å². The van der Waals surface area contributed by atoms with Gasteiger partial charge in [-0.2, -0.15) is 5.10 Å². The van der Waals surface area contributed by atoms with Crippen molar-refractivity contribution in [3.63, 3.8) is 0 Å². The van der Waals surface area contributed by atoms with Crippen LogP contribution in [0, 0.1) is 6.92 Å². The molecule has 0 aliphatic rings. The summed E-state index contributed by atoms with van der Waals surface area (Å²) in [6.45, 7) is 3.27. The number of aliphatic carboxylic acids is 1. The number of rotatable bonds is 2. The van der Waals surface area contributed by atoms with Crippen LogP contribution in [-0.2, 0) is 4.79 Å². The smallest absolute Gasteiger partial charge is 0.328 e. The molecule has 0 saturated carbocycles. The van der Waals surface area contributed by atoms with Crippen molar-refractivity contribution in [1.29, 1.82) is 0 Å². The van der Waals surface area contributed by atoms with Crippen LogP contribution in [0.5, 0.6) is 0 Å². The monoisotopic (exact) mass is 155 g/mol. The molecular weight excluding hydrogens is 146 g/mol. The number of aryl methyl sites for hydroxylation is 1. The Kier molecular flexibility index (Phi) is 1.89. The molecule has 0 aliphatic carbocycles. The average Bonchev–Trinajstić information content (AvgIpc) is 2.34. The molecule has 0 saturated heterocycles. The van der Waals surface area contributed by atoms with Crippen LogP contribution in [0.3, 0.4) is 0 Å². The molecule has 1 aromatic rings. The second-order valence-electron chi connectivity index (χ2n) is 2.29.